The van der Waals surface area contributed by atoms with Crippen LogP contribution in [-0.4, -0.2) is 77.9 Å². The van der Waals surface area contributed by atoms with E-state index in [-0.39, 0.29) is 23.1 Å². The number of hydrogen-bond acceptors (Lipinski definition) is 9. The number of fused-ring (bicyclic) bond motifs is 3. The summed E-state index contributed by atoms with van der Waals surface area (Å²) in [7, 11) is 0. The van der Waals surface area contributed by atoms with Gasteiger partial charge in [-0.3, -0.25) is 19.1 Å². The highest BCUT2D eigenvalue weighted by Gasteiger charge is 2.36. The van der Waals surface area contributed by atoms with Crippen molar-refractivity contribution in [3.63, 3.8) is 0 Å². The molecule has 0 bridgehead atoms. The Kier molecular flexibility index (Phi) is 8.35. The second-order valence-electron chi connectivity index (χ2n) is 15.2. The molecule has 0 unspecified atom stereocenters. The lowest BCUT2D eigenvalue weighted by molar-refractivity contribution is -0.0828. The minimum absolute atomic E-state index is 0.168. The first-order chi connectivity index (χ1) is 24.5. The van der Waals surface area contributed by atoms with Crippen LogP contribution >= 0.6 is 0 Å². The maximum atomic E-state index is 13.9. The monoisotopic (exact) mass is 690 g/mol. The average molecular weight is 691 g/mol. The molecule has 1 aliphatic carbocycles. The van der Waals surface area contributed by atoms with Crippen LogP contribution in [0.4, 0.5) is 17.2 Å². The molecule has 3 aliphatic rings. The Bertz CT molecular complexity index is 2230. The number of rotatable bonds is 8. The Morgan fingerprint density at radius 3 is 2.53 bits per heavy atom. The lowest BCUT2D eigenvalue weighted by atomic mass is 9.90. The molecule has 51 heavy (non-hydrogen) atoms. The Hall–Kier alpha value is -4.78. The maximum absolute atomic E-state index is 13.9. The van der Waals surface area contributed by atoms with Gasteiger partial charge in [0.05, 0.1) is 37.7 Å². The summed E-state index contributed by atoms with van der Waals surface area (Å²) in [4.78, 5) is 41.7. The third-order valence-electron chi connectivity index (χ3n) is 11.0. The first-order valence-electron chi connectivity index (χ1n) is 18.0. The predicted molar refractivity (Wildman–Crippen MR) is 198 cm³/mol. The summed E-state index contributed by atoms with van der Waals surface area (Å²) in [5.74, 6) is 0.914. The molecule has 0 amide bonds. The molecule has 5 aromatic rings. The van der Waals surface area contributed by atoms with Crippen LogP contribution in [0.15, 0.2) is 70.9 Å². The largest absolute Gasteiger partial charge is 0.392 e. The molecule has 0 spiro atoms. The van der Waals surface area contributed by atoms with Crippen molar-refractivity contribution < 1.29 is 9.84 Å². The van der Waals surface area contributed by atoms with Gasteiger partial charge in [0.25, 0.3) is 11.1 Å². The molecule has 2 atom stereocenters. The highest BCUT2D eigenvalue weighted by atomic mass is 16.5. The molecule has 8 rings (SSSR count). The van der Waals surface area contributed by atoms with Gasteiger partial charge in [-0.05, 0) is 80.5 Å². The summed E-state index contributed by atoms with van der Waals surface area (Å²) in [6.45, 7) is 14.5. The highest BCUT2D eigenvalue weighted by molar-refractivity contribution is 5.73. The Morgan fingerprint density at radius 2 is 1.82 bits per heavy atom. The first-order valence-corrected chi connectivity index (χ1v) is 18.0. The van der Waals surface area contributed by atoms with Gasteiger partial charge in [-0.25, -0.2) is 9.97 Å². The molecule has 2 N–H and O–H groups in total. The molecule has 2 saturated heterocycles. The number of nitrogens with zero attached hydrogens (tertiary/aromatic N) is 7. The summed E-state index contributed by atoms with van der Waals surface area (Å²) in [5.41, 5.74) is 6.04. The number of anilines is 3. The number of aliphatic hydroxyl groups excluding tert-OH is 1. The van der Waals surface area contributed by atoms with Crippen LogP contribution in [0.2, 0.25) is 0 Å². The van der Waals surface area contributed by atoms with Gasteiger partial charge < -0.3 is 29.0 Å². The van der Waals surface area contributed by atoms with Crippen LogP contribution in [-0.2, 0) is 30.7 Å². The van der Waals surface area contributed by atoms with Crippen molar-refractivity contribution in [3.8, 4) is 16.9 Å². The van der Waals surface area contributed by atoms with Crippen molar-refractivity contribution in [2.24, 2.45) is 5.41 Å². The Morgan fingerprint density at radius 1 is 1.00 bits per heavy atom. The molecular weight excluding hydrogens is 644 g/mol. The van der Waals surface area contributed by atoms with Crippen LogP contribution in [0, 0.1) is 5.41 Å². The van der Waals surface area contributed by atoms with E-state index in [1.807, 2.05) is 41.9 Å². The van der Waals surface area contributed by atoms with Gasteiger partial charge in [-0.15, -0.1) is 0 Å². The molecule has 7 heterocycles. The van der Waals surface area contributed by atoms with E-state index in [9.17, 15) is 14.7 Å². The third kappa shape index (κ3) is 5.84. The van der Waals surface area contributed by atoms with Crippen molar-refractivity contribution >= 4 is 22.7 Å². The number of hydrogen-bond donors (Lipinski definition) is 2. The van der Waals surface area contributed by atoms with Gasteiger partial charge in [0.15, 0.2) is 0 Å². The molecule has 2 aliphatic heterocycles. The fourth-order valence-electron chi connectivity index (χ4n) is 8.25. The second kappa shape index (κ2) is 12.8. The van der Waals surface area contributed by atoms with Crippen LogP contribution in [0.5, 0.6) is 0 Å². The topological polar surface area (TPSA) is 122 Å². The molecule has 2 fully saturated rings. The van der Waals surface area contributed by atoms with E-state index in [1.165, 1.54) is 15.8 Å². The second-order valence-corrected chi connectivity index (χ2v) is 15.2. The summed E-state index contributed by atoms with van der Waals surface area (Å²) in [6, 6.07) is 10.8. The number of pyridine rings is 3. The molecule has 0 saturated carbocycles. The molecule has 12 heteroatoms. The van der Waals surface area contributed by atoms with Crippen molar-refractivity contribution in [3.05, 3.63) is 98.8 Å². The zero-order valence-corrected chi connectivity index (χ0v) is 30.0. The first kappa shape index (κ1) is 33.4. The summed E-state index contributed by atoms with van der Waals surface area (Å²) < 4.78 is 10.6. The number of aromatic nitrogens is 5. The van der Waals surface area contributed by atoms with Crippen molar-refractivity contribution in [1.82, 2.24) is 28.4 Å². The van der Waals surface area contributed by atoms with Gasteiger partial charge in [0.2, 0.25) is 0 Å². The quantitative estimate of drug-likeness (QED) is 0.244. The normalized spacial score (nSPS) is 20.5. The zero-order chi connectivity index (χ0) is 35.6. The molecule has 0 aromatic carbocycles. The van der Waals surface area contributed by atoms with E-state index in [0.717, 1.165) is 44.8 Å². The van der Waals surface area contributed by atoms with E-state index < -0.39 is 0 Å². The van der Waals surface area contributed by atoms with Gasteiger partial charge in [-0.2, -0.15) is 0 Å². The predicted octanol–water partition coefficient (Wildman–Crippen LogP) is 4.39. The minimum atomic E-state index is -0.349. The van der Waals surface area contributed by atoms with Crippen LogP contribution in [0.25, 0.3) is 22.5 Å². The molecule has 12 nitrogen and oxygen atoms in total. The third-order valence-corrected chi connectivity index (χ3v) is 11.0. The van der Waals surface area contributed by atoms with Crippen LogP contribution in [0.1, 0.15) is 51.4 Å². The van der Waals surface area contributed by atoms with E-state index in [0.29, 0.717) is 64.2 Å². The number of nitrogens with one attached hydrogen (secondary N) is 1. The number of ether oxygens (including phenoxy) is 1. The highest BCUT2D eigenvalue weighted by Crippen LogP contribution is 2.37. The number of aryl methyl sites for hydroxylation is 1. The molecule has 0 radical (unpaired) electrons. The SMILES string of the molecule is CCn1cc(-c2ccnc(-n3ccn4c5c(cc4c3=O)CC(C)(C)C5)c2CO)cc(Nc2ccc(N3C[C@@H](C)N(C4COC4)C[C@@H]3C)cn2)c1=O. The molecule has 266 valence electrons. The van der Waals surface area contributed by atoms with Gasteiger partial charge in [0.1, 0.15) is 22.8 Å². The minimum Gasteiger partial charge on any atom is -0.392 e. The average Bonchev–Trinajstić information content (AvgIpc) is 3.58. The van der Waals surface area contributed by atoms with E-state index in [4.69, 9.17) is 9.72 Å². The van der Waals surface area contributed by atoms with E-state index >= 15 is 0 Å². The summed E-state index contributed by atoms with van der Waals surface area (Å²) >= 11 is 0. The maximum Gasteiger partial charge on any atom is 0.280 e. The van der Waals surface area contributed by atoms with Gasteiger partial charge in [0, 0.05) is 73.3 Å². The number of aliphatic hydroxyl groups is 1. The van der Waals surface area contributed by atoms with Crippen molar-refractivity contribution in [2.75, 3.05) is 36.5 Å². The standard InChI is InChI=1S/C39H46N8O4/c1-6-43-20-27(13-32(37(43)49)42-35-8-7-28(17-41-35)46-18-25(3)47(19-24(46)2)29-22-51-23-29)30-9-10-40-36(31(30)21-48)45-12-11-44-33(38(45)50)14-26-15-39(4,5)16-34(26)44/h7-14,17,20,24-25,29,48H,6,15-16,18-19,21-23H2,1-5H3,(H,41,42)/t24-,25+/m0/s1. The van der Waals surface area contributed by atoms with Crippen molar-refractivity contribution in [2.45, 2.75) is 78.7 Å². The van der Waals surface area contributed by atoms with E-state index in [2.05, 4.69) is 53.9 Å². The lowest BCUT2D eigenvalue weighted by Crippen LogP contribution is -2.63. The van der Waals surface area contributed by atoms with Crippen molar-refractivity contribution in [1.29, 1.82) is 0 Å². The smallest absolute Gasteiger partial charge is 0.280 e. The van der Waals surface area contributed by atoms with Gasteiger partial charge in [-0.1, -0.05) is 13.8 Å². The lowest BCUT2D eigenvalue weighted by Gasteiger charge is -2.50. The Labute approximate surface area is 297 Å². The van der Waals surface area contributed by atoms with Crippen LogP contribution < -0.4 is 21.3 Å². The van der Waals surface area contributed by atoms with Gasteiger partial charge >= 0.3 is 0 Å². The molecule has 5 aromatic heterocycles. The summed E-state index contributed by atoms with van der Waals surface area (Å²) in [5, 5.41) is 14.0. The fourth-order valence-corrected chi connectivity index (χ4v) is 8.25. The fraction of sp³-hybridized carbons (Fsp3) is 0.436. The zero-order valence-electron chi connectivity index (χ0n) is 30.0. The molecular formula is C39H46N8O4. The van der Waals surface area contributed by atoms with Crippen LogP contribution in [0.3, 0.4) is 0 Å². The number of piperazine rings is 1. The summed E-state index contributed by atoms with van der Waals surface area (Å²) in [6.07, 6.45) is 10.8. The Balaban J connectivity index is 1.09. The van der Waals surface area contributed by atoms with E-state index in [1.54, 1.807) is 29.2 Å².